The number of sulfonamides is 1. The van der Waals surface area contributed by atoms with Crippen LogP contribution in [0.5, 0.6) is 5.75 Å². The normalized spacial score (nSPS) is 21.9. The molecule has 0 radical (unpaired) electrons. The largest absolute Gasteiger partial charge is 0.506 e. The number of piperidine rings is 1. The highest BCUT2D eigenvalue weighted by atomic mass is 32.2. The first-order chi connectivity index (χ1) is 9.21. The number of aromatic nitrogens is 1. The maximum absolute atomic E-state index is 12.7. The lowest BCUT2D eigenvalue weighted by Crippen LogP contribution is -2.44. The van der Waals surface area contributed by atoms with Gasteiger partial charge in [-0.1, -0.05) is 0 Å². The second-order valence-corrected chi connectivity index (χ2v) is 6.56. The minimum Gasteiger partial charge on any atom is -0.506 e. The fraction of sp³-hybridized carbons (Fsp3) is 0.545. The minimum absolute atomic E-state index is 0.0323. The lowest BCUT2D eigenvalue weighted by atomic mass is 9.99. The topological polar surface area (TPSA) is 70.5 Å². The van der Waals surface area contributed by atoms with Crippen LogP contribution in [0.2, 0.25) is 0 Å². The zero-order valence-corrected chi connectivity index (χ0v) is 11.2. The number of nitrogens with zero attached hydrogens (tertiary/aromatic N) is 2. The molecule has 20 heavy (non-hydrogen) atoms. The molecule has 1 aromatic heterocycles. The predicted molar refractivity (Wildman–Crippen MR) is 63.4 cm³/mol. The molecular weight excluding hydrogens is 297 g/mol. The number of halogens is 3. The van der Waals surface area contributed by atoms with E-state index >= 15 is 0 Å². The molecule has 0 bridgehead atoms. The van der Waals surface area contributed by atoms with Gasteiger partial charge in [-0.3, -0.25) is 4.98 Å². The predicted octanol–water partition coefficient (Wildman–Crippen LogP) is 1.75. The Kier molecular flexibility index (Phi) is 3.92. The number of hydrogen-bond acceptors (Lipinski definition) is 4. The molecule has 0 aromatic carbocycles. The Morgan fingerprint density at radius 2 is 2.05 bits per heavy atom. The lowest BCUT2D eigenvalue weighted by Gasteiger charge is -2.32. The Balaban J connectivity index is 2.26. The van der Waals surface area contributed by atoms with Crippen LogP contribution in [-0.2, 0) is 10.0 Å². The van der Waals surface area contributed by atoms with E-state index in [0.29, 0.717) is 0 Å². The first-order valence-corrected chi connectivity index (χ1v) is 7.36. The highest BCUT2D eigenvalue weighted by Gasteiger charge is 2.44. The van der Waals surface area contributed by atoms with E-state index in [9.17, 15) is 26.7 Å². The quantitative estimate of drug-likeness (QED) is 0.903. The van der Waals surface area contributed by atoms with Gasteiger partial charge in [0.25, 0.3) is 0 Å². The molecule has 1 saturated heterocycles. The maximum Gasteiger partial charge on any atom is 0.393 e. The molecule has 2 rings (SSSR count). The van der Waals surface area contributed by atoms with E-state index in [1.54, 1.807) is 0 Å². The fourth-order valence-electron chi connectivity index (χ4n) is 2.13. The number of pyridine rings is 1. The molecule has 1 unspecified atom stereocenters. The van der Waals surface area contributed by atoms with E-state index in [-0.39, 0.29) is 30.0 Å². The van der Waals surface area contributed by atoms with Crippen molar-refractivity contribution in [1.29, 1.82) is 0 Å². The lowest BCUT2D eigenvalue weighted by molar-refractivity contribution is -0.182. The summed E-state index contributed by atoms with van der Waals surface area (Å²) in [6.45, 7) is -0.563. The summed E-state index contributed by atoms with van der Waals surface area (Å²) in [5, 5.41) is 9.23. The third-order valence-electron chi connectivity index (χ3n) is 3.18. The van der Waals surface area contributed by atoms with Gasteiger partial charge in [-0.2, -0.15) is 17.5 Å². The van der Waals surface area contributed by atoms with Crippen molar-refractivity contribution in [2.75, 3.05) is 13.1 Å². The van der Waals surface area contributed by atoms with E-state index in [1.807, 2.05) is 0 Å². The molecule has 1 aromatic rings. The van der Waals surface area contributed by atoms with Gasteiger partial charge in [0.05, 0.1) is 12.1 Å². The van der Waals surface area contributed by atoms with Crippen LogP contribution in [0, 0.1) is 5.92 Å². The molecule has 2 heterocycles. The van der Waals surface area contributed by atoms with Crippen LogP contribution in [0.15, 0.2) is 23.4 Å². The summed E-state index contributed by atoms with van der Waals surface area (Å²) in [5.74, 6) is -2.01. The Morgan fingerprint density at radius 1 is 1.35 bits per heavy atom. The summed E-state index contributed by atoms with van der Waals surface area (Å²) in [4.78, 5) is 3.23. The molecule has 1 aliphatic rings. The fourth-order valence-corrected chi connectivity index (χ4v) is 3.63. The second-order valence-electron chi connectivity index (χ2n) is 4.62. The Bertz CT molecular complexity index is 589. The SMILES string of the molecule is O=S(=O)(c1cncc(O)c1)N1CCCC(C(F)(F)F)C1. The third-order valence-corrected chi connectivity index (χ3v) is 5.01. The Hall–Kier alpha value is -1.35. The molecule has 0 spiro atoms. The van der Waals surface area contributed by atoms with Crippen molar-refractivity contribution >= 4 is 10.0 Å². The minimum atomic E-state index is -4.41. The zero-order chi connectivity index (χ0) is 15.0. The number of hydrogen-bond donors (Lipinski definition) is 1. The van der Waals surface area contributed by atoms with Gasteiger partial charge in [-0.15, -0.1) is 0 Å². The molecule has 1 atom stereocenters. The van der Waals surface area contributed by atoms with Crippen molar-refractivity contribution in [1.82, 2.24) is 9.29 Å². The standard InChI is InChI=1S/C11H13F3N2O3S/c12-11(13,14)8-2-1-3-16(7-8)20(18,19)10-4-9(17)5-15-6-10/h4-6,8,17H,1-3,7H2. The average Bonchev–Trinajstić information content (AvgIpc) is 2.38. The molecule has 0 saturated carbocycles. The zero-order valence-electron chi connectivity index (χ0n) is 10.3. The molecule has 112 valence electrons. The molecule has 1 N–H and O–H groups in total. The van der Waals surface area contributed by atoms with Gasteiger partial charge in [0, 0.05) is 25.4 Å². The monoisotopic (exact) mass is 310 g/mol. The maximum atomic E-state index is 12.7. The third kappa shape index (κ3) is 3.04. The van der Waals surface area contributed by atoms with E-state index in [4.69, 9.17) is 0 Å². The van der Waals surface area contributed by atoms with E-state index in [0.717, 1.165) is 22.8 Å². The summed E-state index contributed by atoms with van der Waals surface area (Å²) < 4.78 is 63.3. The summed E-state index contributed by atoms with van der Waals surface area (Å²) in [7, 11) is -4.07. The van der Waals surface area contributed by atoms with Crippen molar-refractivity contribution in [2.45, 2.75) is 23.9 Å². The molecule has 1 aliphatic heterocycles. The summed E-state index contributed by atoms with van der Waals surface area (Å²) in [5.41, 5.74) is 0. The van der Waals surface area contributed by atoms with Gasteiger partial charge >= 0.3 is 6.18 Å². The van der Waals surface area contributed by atoms with Crippen LogP contribution >= 0.6 is 0 Å². The van der Waals surface area contributed by atoms with Gasteiger partial charge in [-0.25, -0.2) is 8.42 Å². The molecule has 5 nitrogen and oxygen atoms in total. The number of aromatic hydroxyl groups is 1. The van der Waals surface area contributed by atoms with Crippen LogP contribution in [0.4, 0.5) is 13.2 Å². The van der Waals surface area contributed by atoms with Crippen LogP contribution in [0.25, 0.3) is 0 Å². The van der Waals surface area contributed by atoms with Gasteiger partial charge in [0.15, 0.2) is 0 Å². The molecule has 0 aliphatic carbocycles. The Labute approximate surface area is 114 Å². The van der Waals surface area contributed by atoms with Crippen molar-refractivity contribution in [2.24, 2.45) is 5.92 Å². The molecular formula is C11H13F3N2O3S. The molecule has 1 fully saturated rings. The van der Waals surface area contributed by atoms with Crippen molar-refractivity contribution in [3.05, 3.63) is 18.5 Å². The van der Waals surface area contributed by atoms with Crippen molar-refractivity contribution < 1.29 is 26.7 Å². The average molecular weight is 310 g/mol. The molecule has 9 heteroatoms. The van der Waals surface area contributed by atoms with Crippen LogP contribution < -0.4 is 0 Å². The van der Waals surface area contributed by atoms with Crippen LogP contribution in [0.3, 0.4) is 0 Å². The van der Waals surface area contributed by atoms with Crippen molar-refractivity contribution in [3.63, 3.8) is 0 Å². The summed E-state index contributed by atoms with van der Waals surface area (Å²) in [6.07, 6.45) is -2.28. The second kappa shape index (κ2) is 5.21. The van der Waals surface area contributed by atoms with Gasteiger partial charge in [0.2, 0.25) is 10.0 Å². The van der Waals surface area contributed by atoms with Gasteiger partial charge < -0.3 is 5.11 Å². The summed E-state index contributed by atoms with van der Waals surface area (Å²) >= 11 is 0. The number of rotatable bonds is 2. The van der Waals surface area contributed by atoms with E-state index in [2.05, 4.69) is 4.98 Å². The van der Waals surface area contributed by atoms with Crippen LogP contribution in [0.1, 0.15) is 12.8 Å². The highest BCUT2D eigenvalue weighted by Crippen LogP contribution is 2.35. The van der Waals surface area contributed by atoms with E-state index < -0.39 is 28.7 Å². The van der Waals surface area contributed by atoms with Crippen LogP contribution in [-0.4, -0.2) is 42.1 Å². The first-order valence-electron chi connectivity index (χ1n) is 5.92. The smallest absolute Gasteiger partial charge is 0.393 e. The van der Waals surface area contributed by atoms with Crippen molar-refractivity contribution in [3.8, 4) is 5.75 Å². The summed E-state index contributed by atoms with van der Waals surface area (Å²) in [6, 6.07) is 0.972. The van der Waals surface area contributed by atoms with Gasteiger partial charge in [0.1, 0.15) is 10.6 Å². The van der Waals surface area contributed by atoms with E-state index in [1.165, 1.54) is 0 Å². The molecule has 0 amide bonds. The first kappa shape index (κ1) is 15.0. The Morgan fingerprint density at radius 3 is 2.65 bits per heavy atom. The highest BCUT2D eigenvalue weighted by molar-refractivity contribution is 7.89. The van der Waals surface area contributed by atoms with Gasteiger partial charge in [-0.05, 0) is 12.8 Å². The number of alkyl halides is 3.